The summed E-state index contributed by atoms with van der Waals surface area (Å²) in [6, 6.07) is 12.2. The molecular formula is C20H17ClN4O2S. The summed E-state index contributed by atoms with van der Waals surface area (Å²) < 4.78 is 3.11. The molecule has 4 rings (SSSR count). The first-order chi connectivity index (χ1) is 13.6. The van der Waals surface area contributed by atoms with Crippen molar-refractivity contribution >= 4 is 39.9 Å². The van der Waals surface area contributed by atoms with Crippen LogP contribution in [0.25, 0.3) is 16.6 Å². The minimum atomic E-state index is -0.194. The zero-order chi connectivity index (χ0) is 19.7. The Morgan fingerprint density at radius 1 is 1.11 bits per heavy atom. The van der Waals surface area contributed by atoms with Gasteiger partial charge in [-0.1, -0.05) is 42.4 Å². The van der Waals surface area contributed by atoms with Crippen LogP contribution in [-0.4, -0.2) is 18.9 Å². The number of fused-ring (bicyclic) bond motifs is 2. The van der Waals surface area contributed by atoms with Crippen molar-refractivity contribution in [3.8, 4) is 0 Å². The highest BCUT2D eigenvalue weighted by molar-refractivity contribution is 7.98. The molecule has 0 amide bonds. The summed E-state index contributed by atoms with van der Waals surface area (Å²) in [5.74, 6) is 0.433. The molecule has 0 bridgehead atoms. The Kier molecular flexibility index (Phi) is 5.19. The number of thioether (sulfide) groups is 1. The van der Waals surface area contributed by atoms with Gasteiger partial charge in [0.05, 0.1) is 21.6 Å². The van der Waals surface area contributed by atoms with E-state index >= 15 is 0 Å². The van der Waals surface area contributed by atoms with Crippen LogP contribution in [0, 0.1) is 0 Å². The molecular weight excluding hydrogens is 396 g/mol. The molecule has 1 aromatic carbocycles. The molecule has 0 saturated carbocycles. The summed E-state index contributed by atoms with van der Waals surface area (Å²) in [6.07, 6.45) is 2.37. The maximum absolute atomic E-state index is 12.8. The van der Waals surface area contributed by atoms with Gasteiger partial charge < -0.3 is 0 Å². The highest BCUT2D eigenvalue weighted by Crippen LogP contribution is 2.21. The van der Waals surface area contributed by atoms with Gasteiger partial charge >= 0.3 is 0 Å². The zero-order valence-electron chi connectivity index (χ0n) is 15.1. The van der Waals surface area contributed by atoms with Gasteiger partial charge in [0.15, 0.2) is 5.16 Å². The summed E-state index contributed by atoms with van der Waals surface area (Å²) in [4.78, 5) is 34.4. The molecule has 0 aliphatic rings. The van der Waals surface area contributed by atoms with E-state index in [-0.39, 0.29) is 11.1 Å². The van der Waals surface area contributed by atoms with Crippen LogP contribution >= 0.6 is 23.4 Å². The molecule has 6 nitrogen and oxygen atoms in total. The summed E-state index contributed by atoms with van der Waals surface area (Å²) in [7, 11) is 0. The van der Waals surface area contributed by atoms with Gasteiger partial charge in [0.1, 0.15) is 5.65 Å². The molecule has 0 saturated heterocycles. The van der Waals surface area contributed by atoms with Crippen molar-refractivity contribution in [2.24, 2.45) is 0 Å². The molecule has 0 spiro atoms. The van der Waals surface area contributed by atoms with E-state index in [2.05, 4.69) is 9.97 Å². The lowest BCUT2D eigenvalue weighted by Gasteiger charge is -2.12. The second-order valence-electron chi connectivity index (χ2n) is 6.32. The van der Waals surface area contributed by atoms with Gasteiger partial charge in [-0.05, 0) is 30.7 Å². The van der Waals surface area contributed by atoms with E-state index in [4.69, 9.17) is 11.6 Å². The first kappa shape index (κ1) is 18.7. The minimum Gasteiger partial charge on any atom is -0.287 e. The summed E-state index contributed by atoms with van der Waals surface area (Å²) in [6.45, 7) is 2.61. The fourth-order valence-corrected chi connectivity index (χ4v) is 4.10. The first-order valence-corrected chi connectivity index (χ1v) is 10.2. The van der Waals surface area contributed by atoms with Crippen molar-refractivity contribution in [1.29, 1.82) is 0 Å². The highest BCUT2D eigenvalue weighted by atomic mass is 35.5. The van der Waals surface area contributed by atoms with Gasteiger partial charge in [-0.3, -0.25) is 18.6 Å². The molecule has 3 heterocycles. The molecule has 3 aromatic heterocycles. The quantitative estimate of drug-likeness (QED) is 0.368. The number of aromatic nitrogens is 4. The van der Waals surface area contributed by atoms with Gasteiger partial charge in [-0.25, -0.2) is 9.97 Å². The molecule has 0 aliphatic carbocycles. The van der Waals surface area contributed by atoms with Crippen molar-refractivity contribution in [1.82, 2.24) is 18.9 Å². The lowest BCUT2D eigenvalue weighted by atomic mass is 10.2. The van der Waals surface area contributed by atoms with Crippen LogP contribution < -0.4 is 11.1 Å². The summed E-state index contributed by atoms with van der Waals surface area (Å²) >= 11 is 7.35. The largest absolute Gasteiger partial charge is 0.287 e. The zero-order valence-corrected chi connectivity index (χ0v) is 16.7. The van der Waals surface area contributed by atoms with Gasteiger partial charge in [0.2, 0.25) is 0 Å². The van der Waals surface area contributed by atoms with E-state index in [0.717, 1.165) is 6.42 Å². The number of hydrogen-bond donors (Lipinski definition) is 0. The predicted molar refractivity (Wildman–Crippen MR) is 112 cm³/mol. The molecule has 4 aromatic rings. The van der Waals surface area contributed by atoms with Gasteiger partial charge in [-0.2, -0.15) is 0 Å². The molecule has 0 N–H and O–H groups in total. The van der Waals surface area contributed by atoms with Crippen molar-refractivity contribution in [2.45, 2.75) is 30.8 Å². The number of para-hydroxylation sites is 1. The topological polar surface area (TPSA) is 69.3 Å². The van der Waals surface area contributed by atoms with Crippen molar-refractivity contribution in [3.63, 3.8) is 0 Å². The van der Waals surface area contributed by atoms with E-state index in [9.17, 15) is 9.59 Å². The average molecular weight is 413 g/mol. The molecule has 142 valence electrons. The normalized spacial score (nSPS) is 11.4. The standard InChI is InChI=1S/C20H17ClN4O2S/c1-2-9-24-19(27)15-5-3-4-6-16(15)23-20(24)28-12-14-10-18(26)25-11-13(21)7-8-17(25)22-14/h3-8,10-11H,2,9,12H2,1H3. The fraction of sp³-hybridized carbons (Fsp3) is 0.200. The fourth-order valence-electron chi connectivity index (χ4n) is 3.02. The van der Waals surface area contributed by atoms with E-state index in [1.165, 1.54) is 22.2 Å². The van der Waals surface area contributed by atoms with Crippen molar-refractivity contribution in [3.05, 3.63) is 80.1 Å². The third-order valence-electron chi connectivity index (χ3n) is 4.30. The Balaban J connectivity index is 1.71. The monoisotopic (exact) mass is 412 g/mol. The average Bonchev–Trinajstić information content (AvgIpc) is 2.69. The highest BCUT2D eigenvalue weighted by Gasteiger charge is 2.12. The van der Waals surface area contributed by atoms with Crippen LogP contribution in [0.2, 0.25) is 5.02 Å². The molecule has 0 aliphatic heterocycles. The lowest BCUT2D eigenvalue weighted by Crippen LogP contribution is -2.23. The molecule has 0 fully saturated rings. The van der Waals surface area contributed by atoms with Crippen LogP contribution in [0.4, 0.5) is 0 Å². The van der Waals surface area contributed by atoms with Crippen LogP contribution in [0.3, 0.4) is 0 Å². The first-order valence-electron chi connectivity index (χ1n) is 8.87. The number of pyridine rings is 1. The Morgan fingerprint density at radius 2 is 1.93 bits per heavy atom. The Morgan fingerprint density at radius 3 is 2.75 bits per heavy atom. The van der Waals surface area contributed by atoms with Crippen LogP contribution in [0.1, 0.15) is 19.0 Å². The Bertz CT molecular complexity index is 1300. The van der Waals surface area contributed by atoms with Gasteiger partial charge in [0, 0.05) is 24.6 Å². The third-order valence-corrected chi connectivity index (χ3v) is 5.53. The molecule has 0 unspecified atom stereocenters. The second kappa shape index (κ2) is 7.77. The minimum absolute atomic E-state index is 0.0452. The molecule has 0 radical (unpaired) electrons. The Labute approximate surface area is 169 Å². The lowest BCUT2D eigenvalue weighted by molar-refractivity contribution is 0.584. The third kappa shape index (κ3) is 3.55. The van der Waals surface area contributed by atoms with E-state index in [0.29, 0.717) is 44.7 Å². The van der Waals surface area contributed by atoms with Crippen molar-refractivity contribution < 1.29 is 0 Å². The van der Waals surface area contributed by atoms with E-state index in [1.54, 1.807) is 29.0 Å². The predicted octanol–water partition coefficient (Wildman–Crippen LogP) is 3.76. The number of nitrogens with zero attached hydrogens (tertiary/aromatic N) is 4. The number of halogens is 1. The molecule has 28 heavy (non-hydrogen) atoms. The maximum atomic E-state index is 12.8. The number of benzene rings is 1. The van der Waals surface area contributed by atoms with E-state index in [1.807, 2.05) is 25.1 Å². The number of rotatable bonds is 5. The van der Waals surface area contributed by atoms with Crippen molar-refractivity contribution in [2.75, 3.05) is 0 Å². The summed E-state index contributed by atoms with van der Waals surface area (Å²) in [5, 5.41) is 1.71. The second-order valence-corrected chi connectivity index (χ2v) is 7.70. The summed E-state index contributed by atoms with van der Waals surface area (Å²) in [5.41, 5.74) is 1.59. The Hall–Kier alpha value is -2.64. The molecule has 8 heteroatoms. The SMILES string of the molecule is CCCn1c(SCc2cc(=O)n3cc(Cl)ccc3n2)nc2ccccc2c1=O. The smallest absolute Gasteiger partial charge is 0.262 e. The maximum Gasteiger partial charge on any atom is 0.262 e. The molecule has 0 atom stereocenters. The number of hydrogen-bond acceptors (Lipinski definition) is 5. The van der Waals surface area contributed by atoms with Crippen LogP contribution in [-0.2, 0) is 12.3 Å². The van der Waals surface area contributed by atoms with Gasteiger partial charge in [-0.15, -0.1) is 0 Å². The van der Waals surface area contributed by atoms with Gasteiger partial charge in [0.25, 0.3) is 11.1 Å². The van der Waals surface area contributed by atoms with Crippen LogP contribution in [0.5, 0.6) is 0 Å². The van der Waals surface area contributed by atoms with Crippen LogP contribution in [0.15, 0.2) is 63.4 Å². The van der Waals surface area contributed by atoms with E-state index < -0.39 is 0 Å².